The molecule has 1 aromatic heterocycles. The molecule has 0 saturated heterocycles. The molecule has 2 rings (SSSR count). The van der Waals surface area contributed by atoms with E-state index in [1.807, 2.05) is 0 Å². The Labute approximate surface area is 94.0 Å². The first-order chi connectivity index (χ1) is 7.58. The van der Waals surface area contributed by atoms with Crippen LogP contribution in [0.15, 0.2) is 0 Å². The second-order valence-corrected chi connectivity index (χ2v) is 4.54. The summed E-state index contributed by atoms with van der Waals surface area (Å²) in [4.78, 5) is 15.6. The van der Waals surface area contributed by atoms with Crippen LogP contribution in [0.1, 0.15) is 37.3 Å². The fourth-order valence-electron chi connectivity index (χ4n) is 2.18. The molecule has 1 fully saturated rings. The summed E-state index contributed by atoms with van der Waals surface area (Å²) in [7, 11) is 0. The standard InChI is InChI=1S/C10H17N5O/c1-5-3-4-7(6(5)2)12-9(16)8-13-10(11)15-14-8/h5-7H,3-4H2,1-2H3,(H,12,16)(H3,11,13,14,15). The minimum atomic E-state index is -0.227. The SMILES string of the molecule is CC1CCC(NC(=O)c2nc(N)n[nH]2)C1C. The lowest BCUT2D eigenvalue weighted by molar-refractivity contribution is 0.0917. The zero-order valence-corrected chi connectivity index (χ0v) is 9.53. The van der Waals surface area contributed by atoms with Crippen LogP contribution in [0, 0.1) is 11.8 Å². The van der Waals surface area contributed by atoms with Gasteiger partial charge >= 0.3 is 0 Å². The molecule has 0 radical (unpaired) electrons. The van der Waals surface area contributed by atoms with E-state index in [9.17, 15) is 4.79 Å². The number of H-pyrrole nitrogens is 1. The Kier molecular flexibility index (Phi) is 2.80. The van der Waals surface area contributed by atoms with Gasteiger partial charge in [0.2, 0.25) is 11.8 Å². The number of hydrogen-bond donors (Lipinski definition) is 3. The Hall–Kier alpha value is -1.59. The molecule has 0 aliphatic heterocycles. The molecule has 0 spiro atoms. The number of nitrogens with one attached hydrogen (secondary N) is 2. The highest BCUT2D eigenvalue weighted by Crippen LogP contribution is 2.31. The average molecular weight is 223 g/mol. The molecular weight excluding hydrogens is 206 g/mol. The van der Waals surface area contributed by atoms with Gasteiger partial charge in [0.15, 0.2) is 0 Å². The first-order valence-electron chi connectivity index (χ1n) is 5.56. The number of nitrogens with two attached hydrogens (primary N) is 1. The number of nitrogen functional groups attached to an aromatic ring is 1. The number of carbonyl (C=O) groups excluding carboxylic acids is 1. The lowest BCUT2D eigenvalue weighted by Crippen LogP contribution is -2.37. The zero-order valence-electron chi connectivity index (χ0n) is 9.53. The van der Waals surface area contributed by atoms with Crippen LogP contribution >= 0.6 is 0 Å². The summed E-state index contributed by atoms with van der Waals surface area (Å²) in [5.41, 5.74) is 5.34. The van der Waals surface area contributed by atoms with E-state index in [-0.39, 0.29) is 23.7 Å². The maximum atomic E-state index is 11.8. The van der Waals surface area contributed by atoms with Crippen LogP contribution in [-0.4, -0.2) is 27.1 Å². The average Bonchev–Trinajstić information content (AvgIpc) is 2.79. The van der Waals surface area contributed by atoms with Gasteiger partial charge in [0, 0.05) is 6.04 Å². The molecule has 3 unspecified atom stereocenters. The predicted molar refractivity (Wildman–Crippen MR) is 59.6 cm³/mol. The molecular formula is C10H17N5O. The second kappa shape index (κ2) is 4.11. The van der Waals surface area contributed by atoms with Crippen LogP contribution in [0.3, 0.4) is 0 Å². The summed E-state index contributed by atoms with van der Waals surface area (Å²) in [5.74, 6) is 1.21. The molecule has 1 aromatic rings. The number of nitrogens with zero attached hydrogens (tertiary/aromatic N) is 2. The Morgan fingerprint density at radius 2 is 2.25 bits per heavy atom. The van der Waals surface area contributed by atoms with Gasteiger partial charge in [-0.05, 0) is 24.7 Å². The quantitative estimate of drug-likeness (QED) is 0.682. The van der Waals surface area contributed by atoms with Crippen molar-refractivity contribution < 1.29 is 4.79 Å². The van der Waals surface area contributed by atoms with Gasteiger partial charge in [-0.25, -0.2) is 0 Å². The van der Waals surface area contributed by atoms with Gasteiger partial charge < -0.3 is 11.1 Å². The van der Waals surface area contributed by atoms with Gasteiger partial charge in [0.25, 0.3) is 5.91 Å². The molecule has 1 saturated carbocycles. The van der Waals surface area contributed by atoms with Crippen molar-refractivity contribution in [1.82, 2.24) is 20.5 Å². The Morgan fingerprint density at radius 3 is 2.75 bits per heavy atom. The van der Waals surface area contributed by atoms with E-state index in [1.165, 1.54) is 0 Å². The number of aromatic amines is 1. The van der Waals surface area contributed by atoms with Crippen molar-refractivity contribution in [1.29, 1.82) is 0 Å². The van der Waals surface area contributed by atoms with E-state index in [4.69, 9.17) is 5.73 Å². The molecule has 1 aliphatic rings. The second-order valence-electron chi connectivity index (χ2n) is 4.54. The fourth-order valence-corrected chi connectivity index (χ4v) is 2.18. The van der Waals surface area contributed by atoms with Gasteiger partial charge in [-0.15, -0.1) is 5.10 Å². The molecule has 0 bridgehead atoms. The van der Waals surface area contributed by atoms with Gasteiger partial charge in [0.1, 0.15) is 0 Å². The van der Waals surface area contributed by atoms with Crippen LogP contribution in [0.4, 0.5) is 5.95 Å². The topological polar surface area (TPSA) is 96.7 Å². The third-order valence-electron chi connectivity index (χ3n) is 3.50. The summed E-state index contributed by atoms with van der Waals surface area (Å²) in [6.45, 7) is 4.38. The highest BCUT2D eigenvalue weighted by atomic mass is 16.2. The van der Waals surface area contributed by atoms with E-state index in [2.05, 4.69) is 34.3 Å². The lowest BCUT2D eigenvalue weighted by atomic mass is 9.98. The normalized spacial score (nSPS) is 29.2. The maximum absolute atomic E-state index is 11.8. The van der Waals surface area contributed by atoms with Crippen molar-refractivity contribution in [3.63, 3.8) is 0 Å². The van der Waals surface area contributed by atoms with Gasteiger partial charge in [-0.3, -0.25) is 9.89 Å². The van der Waals surface area contributed by atoms with Crippen LogP contribution in [0.5, 0.6) is 0 Å². The third kappa shape index (κ3) is 2.00. The third-order valence-corrected chi connectivity index (χ3v) is 3.50. The Morgan fingerprint density at radius 1 is 1.50 bits per heavy atom. The Balaban J connectivity index is 1.98. The Bertz CT molecular complexity index is 388. The minimum absolute atomic E-state index is 0.0954. The first kappa shape index (κ1) is 10.9. The van der Waals surface area contributed by atoms with Crippen molar-refractivity contribution in [3.8, 4) is 0 Å². The largest absolute Gasteiger partial charge is 0.366 e. The van der Waals surface area contributed by atoms with Crippen LogP contribution < -0.4 is 11.1 Å². The van der Waals surface area contributed by atoms with Gasteiger partial charge in [0.05, 0.1) is 0 Å². The molecule has 88 valence electrons. The summed E-state index contributed by atoms with van der Waals surface area (Å²) in [6, 6.07) is 0.230. The summed E-state index contributed by atoms with van der Waals surface area (Å²) in [6.07, 6.45) is 2.18. The highest BCUT2D eigenvalue weighted by molar-refractivity contribution is 5.90. The number of aromatic nitrogens is 3. The molecule has 4 N–H and O–H groups in total. The van der Waals surface area contributed by atoms with Crippen molar-refractivity contribution in [2.75, 3.05) is 5.73 Å². The van der Waals surface area contributed by atoms with E-state index >= 15 is 0 Å². The molecule has 3 atom stereocenters. The fraction of sp³-hybridized carbons (Fsp3) is 0.700. The predicted octanol–water partition coefficient (Wildman–Crippen LogP) is 0.551. The van der Waals surface area contributed by atoms with E-state index in [1.54, 1.807) is 0 Å². The smallest absolute Gasteiger partial charge is 0.288 e. The maximum Gasteiger partial charge on any atom is 0.288 e. The van der Waals surface area contributed by atoms with Gasteiger partial charge in [-0.1, -0.05) is 13.8 Å². The van der Waals surface area contributed by atoms with E-state index < -0.39 is 0 Å². The van der Waals surface area contributed by atoms with E-state index in [0.29, 0.717) is 11.8 Å². The van der Waals surface area contributed by atoms with Crippen molar-refractivity contribution >= 4 is 11.9 Å². The zero-order chi connectivity index (χ0) is 11.7. The molecule has 1 aliphatic carbocycles. The van der Waals surface area contributed by atoms with Crippen LogP contribution in [0.2, 0.25) is 0 Å². The number of carbonyl (C=O) groups is 1. The lowest BCUT2D eigenvalue weighted by Gasteiger charge is -2.18. The molecule has 16 heavy (non-hydrogen) atoms. The molecule has 1 amide bonds. The minimum Gasteiger partial charge on any atom is -0.366 e. The first-order valence-corrected chi connectivity index (χ1v) is 5.56. The molecule has 6 nitrogen and oxygen atoms in total. The molecule has 1 heterocycles. The summed E-state index contributed by atoms with van der Waals surface area (Å²) in [5, 5.41) is 9.09. The van der Waals surface area contributed by atoms with Crippen molar-refractivity contribution in [2.24, 2.45) is 11.8 Å². The van der Waals surface area contributed by atoms with Crippen LogP contribution in [0.25, 0.3) is 0 Å². The number of hydrogen-bond acceptors (Lipinski definition) is 4. The van der Waals surface area contributed by atoms with Crippen molar-refractivity contribution in [2.45, 2.75) is 32.7 Å². The number of amides is 1. The highest BCUT2D eigenvalue weighted by Gasteiger charge is 2.31. The van der Waals surface area contributed by atoms with Crippen molar-refractivity contribution in [3.05, 3.63) is 5.82 Å². The molecule has 6 heteroatoms. The number of rotatable bonds is 2. The summed E-state index contributed by atoms with van der Waals surface area (Å²) >= 11 is 0. The van der Waals surface area contributed by atoms with Gasteiger partial charge in [-0.2, -0.15) is 4.98 Å². The summed E-state index contributed by atoms with van der Waals surface area (Å²) < 4.78 is 0. The van der Waals surface area contributed by atoms with E-state index in [0.717, 1.165) is 12.8 Å². The number of anilines is 1. The molecule has 0 aromatic carbocycles. The van der Waals surface area contributed by atoms with Crippen LogP contribution in [-0.2, 0) is 0 Å². The monoisotopic (exact) mass is 223 g/mol.